The van der Waals surface area contributed by atoms with Gasteiger partial charge in [0.2, 0.25) is 10.0 Å². The third kappa shape index (κ3) is 5.70. The van der Waals surface area contributed by atoms with Crippen molar-refractivity contribution < 1.29 is 21.6 Å². The van der Waals surface area contributed by atoms with Gasteiger partial charge in [0.25, 0.3) is 0 Å². The lowest BCUT2D eigenvalue weighted by molar-refractivity contribution is -0.137. The lowest BCUT2D eigenvalue weighted by Gasteiger charge is -2.15. The molecule has 0 spiro atoms. The second-order valence-electron chi connectivity index (χ2n) is 7.70. The van der Waals surface area contributed by atoms with E-state index in [9.17, 15) is 21.6 Å². The second kappa shape index (κ2) is 9.77. The van der Waals surface area contributed by atoms with Crippen LogP contribution in [0.15, 0.2) is 84.3 Å². The molecule has 0 aliphatic rings. The highest BCUT2D eigenvalue weighted by molar-refractivity contribution is 7.91. The molecule has 4 aromatic rings. The Labute approximate surface area is 203 Å². The van der Waals surface area contributed by atoms with Gasteiger partial charge in [-0.2, -0.15) is 17.2 Å². The van der Waals surface area contributed by atoms with Gasteiger partial charge >= 0.3 is 6.18 Å². The molecule has 0 aliphatic heterocycles. The molecule has 2 aromatic carbocycles. The van der Waals surface area contributed by atoms with Crippen molar-refractivity contribution in [2.75, 3.05) is 12.4 Å². The van der Waals surface area contributed by atoms with E-state index in [1.807, 2.05) is 34.9 Å². The summed E-state index contributed by atoms with van der Waals surface area (Å²) in [5.74, 6) is 0.168. The van der Waals surface area contributed by atoms with Gasteiger partial charge in [0.1, 0.15) is 5.82 Å². The van der Waals surface area contributed by atoms with Crippen LogP contribution >= 0.6 is 9.39 Å². The summed E-state index contributed by atoms with van der Waals surface area (Å²) in [6.07, 6.45) is -0.360. The fraction of sp³-hybridized carbons (Fsp3) is 0.130. The minimum atomic E-state index is -4.50. The number of hydrogen-bond donors (Lipinski definition) is 1. The van der Waals surface area contributed by atoms with Gasteiger partial charge in [-0.3, -0.25) is 0 Å². The number of sulfonamides is 1. The van der Waals surface area contributed by atoms with Crippen LogP contribution in [0.5, 0.6) is 0 Å². The van der Waals surface area contributed by atoms with Crippen molar-refractivity contribution in [3.05, 3.63) is 90.5 Å². The first-order valence-electron chi connectivity index (χ1n) is 10.3. The molecular formula is C23H21F3N5O2PS. The van der Waals surface area contributed by atoms with Gasteiger partial charge in [-0.05, 0) is 45.3 Å². The van der Waals surface area contributed by atoms with Gasteiger partial charge in [0.15, 0.2) is 0 Å². The van der Waals surface area contributed by atoms with Crippen LogP contribution in [-0.2, 0) is 22.7 Å². The first-order valence-corrected chi connectivity index (χ1v) is 12.2. The van der Waals surface area contributed by atoms with E-state index >= 15 is 0 Å². The molecule has 182 valence electrons. The summed E-state index contributed by atoms with van der Waals surface area (Å²) in [7, 11) is -0.262. The largest absolute Gasteiger partial charge is 0.417 e. The number of imidazole rings is 1. The molecular weight excluding hydrogens is 498 g/mol. The monoisotopic (exact) mass is 519 g/mol. The quantitative estimate of drug-likeness (QED) is 0.341. The zero-order valence-corrected chi connectivity index (χ0v) is 20.4. The van der Waals surface area contributed by atoms with Gasteiger partial charge < -0.3 is 9.88 Å². The van der Waals surface area contributed by atoms with Gasteiger partial charge in [-0.15, -0.1) is 0 Å². The molecule has 0 radical (unpaired) electrons. The fourth-order valence-electron chi connectivity index (χ4n) is 3.32. The SMILES string of the molecule is CN(P)S(=O)(=O)c1ccc(Nc2ccc(C(F)(F)F)cn2)c(-c2cn(Cc3ccccc3)cn2)c1. The molecule has 1 unspecified atom stereocenters. The Hall–Kier alpha value is -3.27. The van der Waals surface area contributed by atoms with Crippen LogP contribution in [0.2, 0.25) is 0 Å². The standard InChI is InChI=1S/C23H21F3N5O2PS/c1-30(34)35(32,33)18-8-9-20(29-22-10-7-17(12-27-22)23(24,25)26)19(11-18)21-14-31(15-28-21)13-16-5-3-2-4-6-16/h2-12,14-15H,13,34H2,1H3,(H,27,29). The Morgan fingerprint density at radius 1 is 1.06 bits per heavy atom. The van der Waals surface area contributed by atoms with E-state index < -0.39 is 21.8 Å². The molecule has 4 rings (SSSR count). The van der Waals surface area contributed by atoms with Crippen LogP contribution in [0.25, 0.3) is 11.3 Å². The first kappa shape index (κ1) is 24.8. The number of rotatable bonds is 7. The van der Waals surface area contributed by atoms with E-state index in [1.165, 1.54) is 31.3 Å². The van der Waals surface area contributed by atoms with Crippen molar-refractivity contribution in [2.45, 2.75) is 17.6 Å². The molecule has 1 N–H and O–H groups in total. The minimum absolute atomic E-state index is 0.0357. The van der Waals surface area contributed by atoms with Crippen LogP contribution in [0.4, 0.5) is 24.7 Å². The number of benzene rings is 2. The number of hydrogen-bond acceptors (Lipinski definition) is 5. The molecule has 12 heteroatoms. The van der Waals surface area contributed by atoms with E-state index in [4.69, 9.17) is 0 Å². The maximum atomic E-state index is 12.9. The third-order valence-corrected chi connectivity index (χ3v) is 7.58. The van der Waals surface area contributed by atoms with E-state index in [2.05, 4.69) is 24.7 Å². The molecule has 2 heterocycles. The van der Waals surface area contributed by atoms with Crippen molar-refractivity contribution in [2.24, 2.45) is 0 Å². The molecule has 1 atom stereocenters. The molecule has 7 nitrogen and oxygen atoms in total. The Morgan fingerprint density at radius 3 is 2.43 bits per heavy atom. The molecule has 0 bridgehead atoms. The average Bonchev–Trinajstić information content (AvgIpc) is 3.28. The van der Waals surface area contributed by atoms with Gasteiger partial charge in [0.05, 0.1) is 22.5 Å². The van der Waals surface area contributed by atoms with Gasteiger partial charge in [-0.25, -0.2) is 18.4 Å². The summed E-state index contributed by atoms with van der Waals surface area (Å²) in [5, 5.41) is 2.98. The Balaban J connectivity index is 1.72. The molecule has 35 heavy (non-hydrogen) atoms. The highest BCUT2D eigenvalue weighted by atomic mass is 32.2. The predicted molar refractivity (Wildman–Crippen MR) is 130 cm³/mol. The summed E-state index contributed by atoms with van der Waals surface area (Å²) in [4.78, 5) is 8.32. The Bertz CT molecular complexity index is 1420. The third-order valence-electron chi connectivity index (χ3n) is 5.14. The highest BCUT2D eigenvalue weighted by Crippen LogP contribution is 2.34. The van der Waals surface area contributed by atoms with Crippen molar-refractivity contribution in [1.29, 1.82) is 0 Å². The van der Waals surface area contributed by atoms with Crippen molar-refractivity contribution in [3.63, 3.8) is 0 Å². The number of alkyl halides is 3. The van der Waals surface area contributed by atoms with Crippen LogP contribution in [0.3, 0.4) is 0 Å². The molecule has 0 aliphatic carbocycles. The van der Waals surface area contributed by atoms with Crippen LogP contribution in [0.1, 0.15) is 11.1 Å². The van der Waals surface area contributed by atoms with Crippen LogP contribution < -0.4 is 5.32 Å². The highest BCUT2D eigenvalue weighted by Gasteiger charge is 2.30. The van der Waals surface area contributed by atoms with Crippen LogP contribution in [0, 0.1) is 0 Å². The number of aromatic nitrogens is 3. The second-order valence-corrected chi connectivity index (χ2v) is 10.8. The summed E-state index contributed by atoms with van der Waals surface area (Å²) >= 11 is 0. The maximum Gasteiger partial charge on any atom is 0.417 e. The smallest absolute Gasteiger partial charge is 0.340 e. The van der Waals surface area contributed by atoms with E-state index in [-0.39, 0.29) is 10.7 Å². The predicted octanol–water partition coefficient (Wildman–Crippen LogP) is 5.17. The zero-order chi connectivity index (χ0) is 25.2. The van der Waals surface area contributed by atoms with Crippen molar-refractivity contribution in [3.8, 4) is 11.3 Å². The van der Waals surface area contributed by atoms with E-state index in [1.54, 1.807) is 12.5 Å². The molecule has 0 amide bonds. The number of halogens is 3. The number of nitrogens with one attached hydrogen (secondary N) is 1. The van der Waals surface area contributed by atoms with Gasteiger partial charge in [-0.1, -0.05) is 30.3 Å². The lowest BCUT2D eigenvalue weighted by atomic mass is 10.1. The van der Waals surface area contributed by atoms with Crippen LogP contribution in [-0.4, -0.2) is 34.1 Å². The lowest BCUT2D eigenvalue weighted by Crippen LogP contribution is -2.16. The first-order chi connectivity index (χ1) is 16.5. The molecule has 2 aromatic heterocycles. The van der Waals surface area contributed by atoms with Crippen molar-refractivity contribution >= 4 is 30.9 Å². The summed E-state index contributed by atoms with van der Waals surface area (Å²) in [6.45, 7) is 0.559. The molecule has 0 saturated heterocycles. The van der Waals surface area contributed by atoms with E-state index in [0.717, 1.165) is 21.9 Å². The minimum Gasteiger partial charge on any atom is -0.340 e. The normalized spacial score (nSPS) is 12.2. The number of anilines is 2. The topological polar surface area (TPSA) is 80.1 Å². The van der Waals surface area contributed by atoms with Gasteiger partial charge in [0, 0.05) is 37.2 Å². The van der Waals surface area contributed by atoms with Crippen molar-refractivity contribution in [1.82, 2.24) is 18.6 Å². The Morgan fingerprint density at radius 2 is 1.80 bits per heavy atom. The number of nitrogens with zero attached hydrogens (tertiary/aromatic N) is 4. The number of pyridine rings is 1. The summed E-state index contributed by atoms with van der Waals surface area (Å²) in [5.41, 5.74) is 1.57. The maximum absolute atomic E-state index is 12.9. The Kier molecular flexibility index (Phi) is 6.93. The summed E-state index contributed by atoms with van der Waals surface area (Å²) < 4.78 is 66.9. The zero-order valence-electron chi connectivity index (χ0n) is 18.4. The average molecular weight is 519 g/mol. The fourth-order valence-corrected chi connectivity index (χ4v) is 4.53. The summed E-state index contributed by atoms with van der Waals surface area (Å²) in [6, 6.07) is 16.3. The molecule has 0 fully saturated rings. The van der Waals surface area contributed by atoms with E-state index in [0.29, 0.717) is 23.5 Å². The molecule has 0 saturated carbocycles.